The fraction of sp³-hybridized carbons (Fsp3) is 0.567. The number of carbonyl (C=O) groups excluding carboxylic acids is 1. The highest BCUT2D eigenvalue weighted by Gasteiger charge is 2.55. The lowest BCUT2D eigenvalue weighted by atomic mass is 9.52. The second kappa shape index (κ2) is 9.28. The number of hydrogen-bond acceptors (Lipinski definition) is 3. The van der Waals surface area contributed by atoms with Crippen LogP contribution in [0.15, 0.2) is 48.5 Å². The summed E-state index contributed by atoms with van der Waals surface area (Å²) in [5.41, 5.74) is 4.17. The summed E-state index contributed by atoms with van der Waals surface area (Å²) in [6, 6.07) is 17.1. The molecule has 3 fully saturated rings. The quantitative estimate of drug-likeness (QED) is 0.485. The summed E-state index contributed by atoms with van der Waals surface area (Å²) in [6.45, 7) is 1.97. The van der Waals surface area contributed by atoms with E-state index in [9.17, 15) is 4.79 Å². The van der Waals surface area contributed by atoms with Crippen LogP contribution >= 0.6 is 0 Å². The first-order chi connectivity index (χ1) is 16.7. The molecule has 4 nitrogen and oxygen atoms in total. The SMILES string of the molecule is O=C(OCc1ccccc1)N1CC[C@]23CCCC[C@H]2[C@H]1Cc1ccc(OCCC2CCC2)cc13. The van der Waals surface area contributed by atoms with Gasteiger partial charge in [-0.15, -0.1) is 0 Å². The van der Waals surface area contributed by atoms with E-state index in [0.717, 1.165) is 43.2 Å². The molecule has 2 aromatic rings. The van der Waals surface area contributed by atoms with E-state index >= 15 is 0 Å². The molecule has 6 rings (SSSR count). The van der Waals surface area contributed by atoms with Gasteiger partial charge in [0.15, 0.2) is 0 Å². The molecule has 4 heteroatoms. The third-order valence-corrected chi connectivity index (χ3v) is 9.27. The van der Waals surface area contributed by atoms with Gasteiger partial charge in [-0.2, -0.15) is 0 Å². The number of piperidine rings is 1. The van der Waals surface area contributed by atoms with Crippen LogP contribution in [0.5, 0.6) is 5.75 Å². The highest BCUT2D eigenvalue weighted by Crippen LogP contribution is 2.56. The molecule has 0 radical (unpaired) electrons. The van der Waals surface area contributed by atoms with E-state index in [-0.39, 0.29) is 17.6 Å². The Morgan fingerprint density at radius 2 is 1.88 bits per heavy atom. The molecule has 0 aromatic heterocycles. The Morgan fingerprint density at radius 3 is 2.71 bits per heavy atom. The minimum atomic E-state index is -0.146. The van der Waals surface area contributed by atoms with Gasteiger partial charge >= 0.3 is 6.09 Å². The fourth-order valence-corrected chi connectivity index (χ4v) is 7.23. The van der Waals surface area contributed by atoms with Crippen molar-refractivity contribution in [2.24, 2.45) is 11.8 Å². The molecule has 1 amide bonds. The molecular weight excluding hydrogens is 422 g/mol. The lowest BCUT2D eigenvalue weighted by Gasteiger charge is -2.58. The lowest BCUT2D eigenvalue weighted by molar-refractivity contribution is -0.0137. The van der Waals surface area contributed by atoms with Gasteiger partial charge in [-0.05, 0) is 72.8 Å². The van der Waals surface area contributed by atoms with Crippen LogP contribution in [0.1, 0.15) is 74.5 Å². The minimum absolute atomic E-state index is 0.146. The highest BCUT2D eigenvalue weighted by atomic mass is 16.6. The van der Waals surface area contributed by atoms with Crippen LogP contribution in [0, 0.1) is 11.8 Å². The van der Waals surface area contributed by atoms with Crippen LogP contribution in [-0.4, -0.2) is 30.2 Å². The zero-order valence-electron chi connectivity index (χ0n) is 20.2. The lowest BCUT2D eigenvalue weighted by Crippen LogP contribution is -2.62. The molecule has 0 unspecified atom stereocenters. The second-order valence-corrected chi connectivity index (χ2v) is 11.0. The number of fused-ring (bicyclic) bond motifs is 1. The predicted molar refractivity (Wildman–Crippen MR) is 133 cm³/mol. The van der Waals surface area contributed by atoms with Crippen molar-refractivity contribution >= 4 is 6.09 Å². The molecule has 2 bridgehead atoms. The van der Waals surface area contributed by atoms with Crippen molar-refractivity contribution in [3.63, 3.8) is 0 Å². The van der Waals surface area contributed by atoms with Crippen molar-refractivity contribution in [3.8, 4) is 5.75 Å². The van der Waals surface area contributed by atoms with Crippen molar-refractivity contribution in [2.75, 3.05) is 13.2 Å². The summed E-state index contributed by atoms with van der Waals surface area (Å²) >= 11 is 0. The van der Waals surface area contributed by atoms with Crippen molar-refractivity contribution in [2.45, 2.75) is 82.3 Å². The van der Waals surface area contributed by atoms with E-state index in [4.69, 9.17) is 9.47 Å². The zero-order chi connectivity index (χ0) is 23.0. The smallest absolute Gasteiger partial charge is 0.410 e. The third kappa shape index (κ3) is 3.99. The van der Waals surface area contributed by atoms with Gasteiger partial charge in [-0.1, -0.05) is 68.5 Å². The summed E-state index contributed by atoms with van der Waals surface area (Å²) in [5, 5.41) is 0. The first-order valence-electron chi connectivity index (χ1n) is 13.5. The topological polar surface area (TPSA) is 38.8 Å². The van der Waals surface area contributed by atoms with Crippen molar-refractivity contribution in [1.29, 1.82) is 0 Å². The highest BCUT2D eigenvalue weighted by molar-refractivity contribution is 5.69. The number of amides is 1. The summed E-state index contributed by atoms with van der Waals surface area (Å²) in [6.07, 6.45) is 12.2. The van der Waals surface area contributed by atoms with Crippen LogP contribution in [0.2, 0.25) is 0 Å². The van der Waals surface area contributed by atoms with Crippen molar-refractivity contribution in [3.05, 3.63) is 65.2 Å². The summed E-state index contributed by atoms with van der Waals surface area (Å²) < 4.78 is 12.0. The summed E-state index contributed by atoms with van der Waals surface area (Å²) in [7, 11) is 0. The van der Waals surface area contributed by atoms with Crippen LogP contribution in [-0.2, 0) is 23.2 Å². The molecule has 34 heavy (non-hydrogen) atoms. The molecule has 4 aliphatic rings. The van der Waals surface area contributed by atoms with Gasteiger partial charge in [-0.25, -0.2) is 4.79 Å². The van der Waals surface area contributed by atoms with E-state index in [1.165, 1.54) is 62.5 Å². The standard InChI is InChI=1S/C30H37NO3/c32-29(34-21-23-7-2-1-3-8-23)31-17-16-30-15-5-4-11-26(30)28(31)19-24-12-13-25(20-27(24)30)33-18-14-22-9-6-10-22/h1-3,7-8,12-13,20,22,26,28H,4-6,9-11,14-19,21H2/t26-,28+,30+/m0/s1. The minimum Gasteiger partial charge on any atom is -0.494 e. The third-order valence-electron chi connectivity index (χ3n) is 9.27. The summed E-state index contributed by atoms with van der Waals surface area (Å²) in [5.74, 6) is 2.45. The molecular formula is C30H37NO3. The van der Waals surface area contributed by atoms with E-state index in [1.54, 1.807) is 0 Å². The molecule has 3 atom stereocenters. The van der Waals surface area contributed by atoms with Gasteiger partial charge in [0.25, 0.3) is 0 Å². The molecule has 1 heterocycles. The maximum atomic E-state index is 13.2. The van der Waals surface area contributed by atoms with Crippen LogP contribution in [0.4, 0.5) is 4.79 Å². The Morgan fingerprint density at radius 1 is 1.00 bits per heavy atom. The van der Waals surface area contributed by atoms with Gasteiger partial charge in [0, 0.05) is 18.0 Å². The maximum absolute atomic E-state index is 13.2. The molecule has 3 aliphatic carbocycles. The molecule has 180 valence electrons. The monoisotopic (exact) mass is 459 g/mol. The molecule has 2 aromatic carbocycles. The number of ether oxygens (including phenoxy) is 2. The molecule has 0 spiro atoms. The van der Waals surface area contributed by atoms with Crippen molar-refractivity contribution in [1.82, 2.24) is 4.90 Å². The number of hydrogen-bond donors (Lipinski definition) is 0. The Hall–Kier alpha value is -2.49. The normalized spacial score (nSPS) is 27.8. The molecule has 0 N–H and O–H groups in total. The number of benzene rings is 2. The Bertz CT molecular complexity index is 1020. The van der Waals surface area contributed by atoms with Crippen LogP contribution < -0.4 is 4.74 Å². The second-order valence-electron chi connectivity index (χ2n) is 11.0. The fourth-order valence-electron chi connectivity index (χ4n) is 7.23. The summed E-state index contributed by atoms with van der Waals surface area (Å²) in [4.78, 5) is 15.3. The largest absolute Gasteiger partial charge is 0.494 e. The first-order valence-corrected chi connectivity index (χ1v) is 13.5. The van der Waals surface area contributed by atoms with Crippen LogP contribution in [0.3, 0.4) is 0 Å². The van der Waals surface area contributed by atoms with Crippen molar-refractivity contribution < 1.29 is 14.3 Å². The van der Waals surface area contributed by atoms with Crippen LogP contribution in [0.25, 0.3) is 0 Å². The van der Waals surface area contributed by atoms with E-state index in [2.05, 4.69) is 23.1 Å². The van der Waals surface area contributed by atoms with Gasteiger partial charge in [0.05, 0.1) is 6.61 Å². The Kier molecular flexibility index (Phi) is 6.01. The van der Waals surface area contributed by atoms with E-state index in [1.807, 2.05) is 30.3 Å². The number of carbonyl (C=O) groups is 1. The van der Waals surface area contributed by atoms with E-state index < -0.39 is 0 Å². The Labute approximate surface area is 203 Å². The first kappa shape index (κ1) is 22.0. The van der Waals surface area contributed by atoms with Gasteiger partial charge in [0.1, 0.15) is 12.4 Å². The number of likely N-dealkylation sites (tertiary alicyclic amines) is 1. The number of nitrogens with zero attached hydrogens (tertiary/aromatic N) is 1. The van der Waals surface area contributed by atoms with Gasteiger partial charge < -0.3 is 14.4 Å². The van der Waals surface area contributed by atoms with Gasteiger partial charge in [0.2, 0.25) is 0 Å². The van der Waals surface area contributed by atoms with E-state index in [0.29, 0.717) is 12.5 Å². The maximum Gasteiger partial charge on any atom is 0.410 e. The predicted octanol–water partition coefficient (Wildman–Crippen LogP) is 6.65. The molecule has 2 saturated carbocycles. The average molecular weight is 460 g/mol. The van der Waals surface area contributed by atoms with Gasteiger partial charge in [-0.3, -0.25) is 0 Å². The number of rotatable bonds is 6. The Balaban J connectivity index is 1.20. The zero-order valence-corrected chi connectivity index (χ0v) is 20.2. The molecule has 1 saturated heterocycles. The average Bonchev–Trinajstić information content (AvgIpc) is 2.85. The molecule has 1 aliphatic heterocycles.